The van der Waals surface area contributed by atoms with Gasteiger partial charge in [-0.2, -0.15) is 0 Å². The first-order chi connectivity index (χ1) is 45.3. The molecule has 0 aliphatic rings. The van der Waals surface area contributed by atoms with E-state index in [1.807, 2.05) is 0 Å². The van der Waals surface area contributed by atoms with Crippen LogP contribution in [0.25, 0.3) is 0 Å². The van der Waals surface area contributed by atoms with Gasteiger partial charge in [0.1, 0.15) is 19.3 Å². The van der Waals surface area contributed by atoms with E-state index in [1.165, 1.54) is 186 Å². The molecule has 94 heavy (non-hydrogen) atoms. The highest BCUT2D eigenvalue weighted by Crippen LogP contribution is 2.45. The van der Waals surface area contributed by atoms with E-state index in [2.05, 4.69) is 48.5 Å². The summed E-state index contributed by atoms with van der Waals surface area (Å²) >= 11 is 0. The second-order valence-electron chi connectivity index (χ2n) is 28.2. The summed E-state index contributed by atoms with van der Waals surface area (Å²) in [7, 11) is -9.91. The predicted molar refractivity (Wildman–Crippen MR) is 381 cm³/mol. The molecule has 0 aromatic heterocycles. The lowest BCUT2D eigenvalue weighted by atomic mass is 9.99. The van der Waals surface area contributed by atoms with E-state index >= 15 is 0 Å². The molecule has 0 saturated heterocycles. The molecule has 0 saturated carbocycles. The minimum Gasteiger partial charge on any atom is -0.462 e. The SMILES string of the molecule is CCCCCCCCCCCCCCCCC(=O)OC[C@H](COP(=O)(O)OC[C@@H](O)COP(=O)(O)OC[C@@H](COC(=O)CCCCCCCCCC(C)C)OC(=O)CCCCCCCCCCCC(C)C)OC(=O)CCCCCCCCCCCCCCCCC(C)CC. The Balaban J connectivity index is 5.25. The topological polar surface area (TPSA) is 237 Å². The third-order valence-corrected chi connectivity index (χ3v) is 19.6. The number of phosphoric ester groups is 2. The van der Waals surface area contributed by atoms with Crippen LogP contribution in [0.1, 0.15) is 382 Å². The van der Waals surface area contributed by atoms with Crippen LogP contribution < -0.4 is 0 Å². The highest BCUT2D eigenvalue weighted by molar-refractivity contribution is 7.47. The monoisotopic (exact) mass is 1380 g/mol. The van der Waals surface area contributed by atoms with Crippen molar-refractivity contribution in [3.63, 3.8) is 0 Å². The van der Waals surface area contributed by atoms with Crippen LogP contribution >= 0.6 is 15.6 Å². The summed E-state index contributed by atoms with van der Waals surface area (Å²) in [5.74, 6) is 0.168. The Labute approximate surface area is 575 Å². The zero-order chi connectivity index (χ0) is 69.4. The molecule has 0 bridgehead atoms. The second kappa shape index (κ2) is 65.7. The first-order valence-corrected chi connectivity index (χ1v) is 41.9. The molecule has 0 aliphatic heterocycles. The number of esters is 4. The molecule has 3 N–H and O–H groups in total. The number of ether oxygens (including phenoxy) is 4. The van der Waals surface area contributed by atoms with Crippen LogP contribution in [0, 0.1) is 17.8 Å². The van der Waals surface area contributed by atoms with Gasteiger partial charge in [-0.3, -0.25) is 37.3 Å². The van der Waals surface area contributed by atoms with Gasteiger partial charge in [0, 0.05) is 25.7 Å². The van der Waals surface area contributed by atoms with Crippen molar-refractivity contribution >= 4 is 39.5 Å². The molecular weight excluding hydrogens is 1230 g/mol. The fourth-order valence-electron chi connectivity index (χ4n) is 11.4. The Hall–Kier alpha value is -1.94. The van der Waals surface area contributed by atoms with Gasteiger partial charge in [-0.15, -0.1) is 0 Å². The molecule has 0 aliphatic carbocycles. The van der Waals surface area contributed by atoms with Gasteiger partial charge in [-0.25, -0.2) is 9.13 Å². The van der Waals surface area contributed by atoms with Gasteiger partial charge in [0.15, 0.2) is 12.2 Å². The molecule has 558 valence electrons. The highest BCUT2D eigenvalue weighted by Gasteiger charge is 2.30. The third-order valence-electron chi connectivity index (χ3n) is 17.7. The van der Waals surface area contributed by atoms with Gasteiger partial charge < -0.3 is 33.8 Å². The number of aliphatic hydroxyl groups is 1. The molecular formula is C75H146O17P2. The molecule has 0 spiro atoms. The molecule has 0 aromatic rings. The van der Waals surface area contributed by atoms with Crippen molar-refractivity contribution in [1.82, 2.24) is 0 Å². The van der Waals surface area contributed by atoms with Gasteiger partial charge >= 0.3 is 39.5 Å². The lowest BCUT2D eigenvalue weighted by molar-refractivity contribution is -0.161. The molecule has 0 aromatic carbocycles. The Kier molecular flexibility index (Phi) is 64.3. The van der Waals surface area contributed by atoms with Crippen molar-refractivity contribution in [2.75, 3.05) is 39.6 Å². The lowest BCUT2D eigenvalue weighted by Gasteiger charge is -2.21. The van der Waals surface area contributed by atoms with Gasteiger partial charge in [0.2, 0.25) is 0 Å². The number of hydrogen-bond donors (Lipinski definition) is 3. The third kappa shape index (κ3) is 67.3. The summed E-state index contributed by atoms with van der Waals surface area (Å²) in [4.78, 5) is 72.8. The predicted octanol–water partition coefficient (Wildman–Crippen LogP) is 21.8. The molecule has 17 nitrogen and oxygen atoms in total. The van der Waals surface area contributed by atoms with Gasteiger partial charge in [0.25, 0.3) is 0 Å². The van der Waals surface area contributed by atoms with Crippen LogP contribution in [0.3, 0.4) is 0 Å². The number of aliphatic hydroxyl groups excluding tert-OH is 1. The fourth-order valence-corrected chi connectivity index (χ4v) is 13.0. The second-order valence-corrected chi connectivity index (χ2v) is 31.1. The number of phosphoric acid groups is 2. The minimum atomic E-state index is -4.96. The lowest BCUT2D eigenvalue weighted by Crippen LogP contribution is -2.30. The summed E-state index contributed by atoms with van der Waals surface area (Å²) in [6.45, 7) is 11.9. The molecule has 0 fully saturated rings. The number of rotatable bonds is 73. The molecule has 0 amide bonds. The van der Waals surface area contributed by atoms with Crippen LogP contribution in [0.4, 0.5) is 0 Å². The quantitative estimate of drug-likeness (QED) is 0.0222. The average Bonchev–Trinajstić information content (AvgIpc) is 1.28. The van der Waals surface area contributed by atoms with Crippen molar-refractivity contribution < 1.29 is 80.2 Å². The van der Waals surface area contributed by atoms with E-state index < -0.39 is 97.5 Å². The number of carbonyl (C=O) groups excluding carboxylic acids is 4. The highest BCUT2D eigenvalue weighted by atomic mass is 31.2. The Bertz CT molecular complexity index is 1840. The first-order valence-electron chi connectivity index (χ1n) is 38.9. The first kappa shape index (κ1) is 92.1. The Morgan fingerprint density at radius 2 is 0.543 bits per heavy atom. The van der Waals surface area contributed by atoms with Crippen molar-refractivity contribution in [2.24, 2.45) is 17.8 Å². The molecule has 19 heteroatoms. The smallest absolute Gasteiger partial charge is 0.462 e. The largest absolute Gasteiger partial charge is 0.472 e. The van der Waals surface area contributed by atoms with Gasteiger partial charge in [0.05, 0.1) is 26.4 Å². The number of carbonyl (C=O) groups is 4. The van der Waals surface area contributed by atoms with E-state index in [0.29, 0.717) is 31.6 Å². The summed E-state index contributed by atoms with van der Waals surface area (Å²) in [6.07, 6.45) is 51.3. The van der Waals surface area contributed by atoms with Crippen molar-refractivity contribution in [3.8, 4) is 0 Å². The Morgan fingerprint density at radius 3 is 0.809 bits per heavy atom. The van der Waals surface area contributed by atoms with E-state index in [0.717, 1.165) is 108 Å². The fraction of sp³-hybridized carbons (Fsp3) is 0.947. The van der Waals surface area contributed by atoms with E-state index in [-0.39, 0.29) is 25.7 Å². The average molecular weight is 1380 g/mol. The molecule has 0 rings (SSSR count). The molecule has 0 heterocycles. The maximum atomic E-state index is 13.1. The van der Waals surface area contributed by atoms with Crippen molar-refractivity contribution in [3.05, 3.63) is 0 Å². The maximum Gasteiger partial charge on any atom is 0.472 e. The van der Waals surface area contributed by atoms with E-state index in [1.54, 1.807) is 0 Å². The number of unbranched alkanes of at least 4 members (excludes halogenated alkanes) is 40. The Morgan fingerprint density at radius 1 is 0.309 bits per heavy atom. The van der Waals surface area contributed by atoms with Gasteiger partial charge in [-0.1, -0.05) is 331 Å². The van der Waals surface area contributed by atoms with E-state index in [9.17, 15) is 43.2 Å². The summed E-state index contributed by atoms with van der Waals surface area (Å²) in [6, 6.07) is 0. The standard InChI is InChI=1S/C75H146O17P2/c1-8-10-11-12-13-14-15-16-20-23-28-35-42-49-56-72(77)85-62-70(91-74(79)58-51-44-36-29-24-21-18-17-19-22-27-34-41-48-55-68(7)9-2)64-89-93(81,82)87-60-69(76)61-88-94(83,84)90-65-71(63-86-73(78)57-50-43-38-31-33-40-47-54-67(5)6)92-75(80)59-52-45-37-30-25-26-32-39-46-53-66(3)4/h66-71,76H,8-65H2,1-7H3,(H,81,82)(H,83,84)/t68?,69-,70-,71-/m1/s1. The summed E-state index contributed by atoms with van der Waals surface area (Å²) < 4.78 is 68.5. The molecule has 3 unspecified atom stereocenters. The number of hydrogen-bond acceptors (Lipinski definition) is 15. The normalized spacial score (nSPS) is 14.4. The molecule has 0 radical (unpaired) electrons. The zero-order valence-electron chi connectivity index (χ0n) is 61.4. The van der Waals surface area contributed by atoms with Crippen molar-refractivity contribution in [2.45, 2.75) is 401 Å². The van der Waals surface area contributed by atoms with Crippen LogP contribution in [0.5, 0.6) is 0 Å². The summed E-state index contributed by atoms with van der Waals surface area (Å²) in [5, 5.41) is 10.6. The molecule has 6 atom stereocenters. The van der Waals surface area contributed by atoms with Crippen molar-refractivity contribution in [1.29, 1.82) is 0 Å². The maximum absolute atomic E-state index is 13.1. The van der Waals surface area contributed by atoms with Crippen LogP contribution in [-0.2, 0) is 65.4 Å². The minimum absolute atomic E-state index is 0.104. The van der Waals surface area contributed by atoms with Crippen LogP contribution in [0.15, 0.2) is 0 Å². The van der Waals surface area contributed by atoms with E-state index in [4.69, 9.17) is 37.0 Å². The van der Waals surface area contributed by atoms with Crippen LogP contribution in [0.2, 0.25) is 0 Å². The zero-order valence-corrected chi connectivity index (χ0v) is 63.2. The summed E-state index contributed by atoms with van der Waals surface area (Å²) in [5.41, 5.74) is 0. The van der Waals surface area contributed by atoms with Gasteiger partial charge in [-0.05, 0) is 43.4 Å². The van der Waals surface area contributed by atoms with Crippen LogP contribution in [-0.4, -0.2) is 96.7 Å².